The van der Waals surface area contributed by atoms with Crippen molar-refractivity contribution in [1.82, 2.24) is 15.1 Å². The average Bonchev–Trinajstić information content (AvgIpc) is 3.17. The van der Waals surface area contributed by atoms with E-state index in [4.69, 9.17) is 0 Å². The van der Waals surface area contributed by atoms with Crippen molar-refractivity contribution in [3.8, 4) is 0 Å². The Morgan fingerprint density at radius 3 is 2.41 bits per heavy atom. The van der Waals surface area contributed by atoms with Crippen LogP contribution in [0.5, 0.6) is 0 Å². The lowest BCUT2D eigenvalue weighted by Crippen LogP contribution is -2.49. The van der Waals surface area contributed by atoms with Crippen molar-refractivity contribution in [3.63, 3.8) is 0 Å². The highest BCUT2D eigenvalue weighted by atomic mass is 32.1. The van der Waals surface area contributed by atoms with Gasteiger partial charge in [-0.25, -0.2) is 0 Å². The molecule has 2 heterocycles. The largest absolute Gasteiger partial charge is 0.355 e. The van der Waals surface area contributed by atoms with Gasteiger partial charge in [0.15, 0.2) is 0 Å². The Kier molecular flexibility index (Phi) is 7.44. The van der Waals surface area contributed by atoms with E-state index in [9.17, 15) is 4.79 Å². The average molecular weight is 386 g/mol. The molecule has 0 atom stereocenters. The molecule has 0 aliphatic carbocycles. The van der Waals surface area contributed by atoms with Gasteiger partial charge in [-0.3, -0.25) is 14.6 Å². The molecule has 1 saturated heterocycles. The van der Waals surface area contributed by atoms with Crippen LogP contribution < -0.4 is 5.32 Å². The van der Waals surface area contributed by atoms with Gasteiger partial charge in [0, 0.05) is 44.1 Å². The minimum absolute atomic E-state index is 0.139. The summed E-state index contributed by atoms with van der Waals surface area (Å²) in [7, 11) is 0. The zero-order chi connectivity index (χ0) is 19.1. The van der Waals surface area contributed by atoms with Gasteiger partial charge in [-0.05, 0) is 34.9 Å². The van der Waals surface area contributed by atoms with Crippen molar-refractivity contribution in [1.29, 1.82) is 0 Å². The Balaban J connectivity index is 1.31. The quantitative estimate of drug-likeness (QED) is 0.757. The van der Waals surface area contributed by atoms with Crippen LogP contribution in [0.1, 0.15) is 35.8 Å². The molecule has 1 amide bonds. The number of rotatable bonds is 8. The first kappa shape index (κ1) is 20.1. The highest BCUT2D eigenvalue weighted by Gasteiger charge is 2.19. The maximum atomic E-state index is 12.2. The number of nitrogens with one attached hydrogen (secondary N) is 1. The summed E-state index contributed by atoms with van der Waals surface area (Å²) >= 11 is 1.82. The molecule has 0 spiro atoms. The summed E-state index contributed by atoms with van der Waals surface area (Å²) in [6.07, 6.45) is 0.888. The number of piperazine rings is 1. The molecule has 1 aliphatic rings. The monoisotopic (exact) mass is 385 g/mol. The number of hydrogen-bond acceptors (Lipinski definition) is 4. The Morgan fingerprint density at radius 1 is 1.07 bits per heavy atom. The molecule has 4 nitrogen and oxygen atoms in total. The molecule has 1 aliphatic heterocycles. The number of hydrogen-bond donors (Lipinski definition) is 1. The van der Waals surface area contributed by atoms with E-state index in [0.29, 0.717) is 19.0 Å². The fraction of sp³-hybridized carbons (Fsp3) is 0.500. The number of amides is 1. The summed E-state index contributed by atoms with van der Waals surface area (Å²) in [6.45, 7) is 10.7. The van der Waals surface area contributed by atoms with Gasteiger partial charge in [-0.1, -0.05) is 44.2 Å². The second-order valence-corrected chi connectivity index (χ2v) is 8.66. The van der Waals surface area contributed by atoms with E-state index >= 15 is 0 Å². The van der Waals surface area contributed by atoms with E-state index in [1.54, 1.807) is 0 Å². The third-order valence-corrected chi connectivity index (χ3v) is 6.04. The van der Waals surface area contributed by atoms with Crippen LogP contribution >= 0.6 is 11.3 Å². The topological polar surface area (TPSA) is 35.6 Å². The first-order valence-electron chi connectivity index (χ1n) is 9.93. The van der Waals surface area contributed by atoms with Crippen molar-refractivity contribution >= 4 is 17.2 Å². The van der Waals surface area contributed by atoms with Crippen molar-refractivity contribution in [3.05, 3.63) is 57.8 Å². The van der Waals surface area contributed by atoms with Crippen LogP contribution in [0.4, 0.5) is 0 Å². The molecule has 1 N–H and O–H groups in total. The maximum absolute atomic E-state index is 12.2. The highest BCUT2D eigenvalue weighted by Crippen LogP contribution is 2.15. The van der Waals surface area contributed by atoms with Crippen LogP contribution in [0.2, 0.25) is 0 Å². The molecular weight excluding hydrogens is 354 g/mol. The summed E-state index contributed by atoms with van der Waals surface area (Å²) in [5, 5.41) is 5.20. The SMILES string of the molecule is CC(C)c1ccc(CCNC(=O)CN2CCN(Cc3cccs3)CC2)cc1. The first-order valence-corrected chi connectivity index (χ1v) is 10.8. The van der Waals surface area contributed by atoms with Gasteiger partial charge in [0.05, 0.1) is 6.54 Å². The number of carbonyl (C=O) groups excluding carboxylic acids is 1. The Bertz CT molecular complexity index is 689. The normalized spacial score (nSPS) is 16.0. The second kappa shape index (κ2) is 10.0. The summed E-state index contributed by atoms with van der Waals surface area (Å²) in [5.74, 6) is 0.699. The number of benzene rings is 1. The van der Waals surface area contributed by atoms with E-state index in [0.717, 1.165) is 39.1 Å². The standard InChI is InChI=1S/C22H31N3OS/c1-18(2)20-7-5-19(6-8-20)9-10-23-22(26)17-25-13-11-24(12-14-25)16-21-4-3-15-27-21/h3-8,15,18H,9-14,16-17H2,1-2H3,(H,23,26). The zero-order valence-electron chi connectivity index (χ0n) is 16.5. The Hall–Kier alpha value is -1.69. The van der Waals surface area contributed by atoms with E-state index in [2.05, 4.69) is 70.7 Å². The molecule has 2 aromatic rings. The third kappa shape index (κ3) is 6.45. The molecule has 0 unspecified atom stereocenters. The first-order chi connectivity index (χ1) is 13.1. The minimum Gasteiger partial charge on any atom is -0.355 e. The smallest absolute Gasteiger partial charge is 0.234 e. The summed E-state index contributed by atoms with van der Waals surface area (Å²) in [6, 6.07) is 13.0. The fourth-order valence-corrected chi connectivity index (χ4v) is 4.15. The van der Waals surface area contributed by atoms with Crippen molar-refractivity contribution in [2.45, 2.75) is 32.7 Å². The van der Waals surface area contributed by atoms with E-state index in [1.165, 1.54) is 16.0 Å². The van der Waals surface area contributed by atoms with Crippen molar-refractivity contribution < 1.29 is 4.79 Å². The number of thiophene rings is 1. The van der Waals surface area contributed by atoms with Gasteiger partial charge < -0.3 is 5.32 Å². The van der Waals surface area contributed by atoms with Crippen LogP contribution in [0.3, 0.4) is 0 Å². The molecule has 0 radical (unpaired) electrons. The molecule has 146 valence electrons. The predicted molar refractivity (Wildman–Crippen MR) is 113 cm³/mol. The fourth-order valence-electron chi connectivity index (χ4n) is 3.40. The van der Waals surface area contributed by atoms with Crippen LogP contribution in [0.25, 0.3) is 0 Å². The van der Waals surface area contributed by atoms with E-state index in [-0.39, 0.29) is 5.91 Å². The maximum Gasteiger partial charge on any atom is 0.234 e. The van der Waals surface area contributed by atoms with Gasteiger partial charge in [0.2, 0.25) is 5.91 Å². The second-order valence-electron chi connectivity index (χ2n) is 7.63. The number of nitrogens with zero attached hydrogens (tertiary/aromatic N) is 2. The van der Waals surface area contributed by atoms with Crippen molar-refractivity contribution in [2.24, 2.45) is 0 Å². The highest BCUT2D eigenvalue weighted by molar-refractivity contribution is 7.09. The molecule has 0 bridgehead atoms. The molecular formula is C22H31N3OS. The molecule has 5 heteroatoms. The zero-order valence-corrected chi connectivity index (χ0v) is 17.3. The predicted octanol–water partition coefficient (Wildman–Crippen LogP) is 3.35. The van der Waals surface area contributed by atoms with Gasteiger partial charge in [0.25, 0.3) is 0 Å². The van der Waals surface area contributed by atoms with Crippen LogP contribution in [0, 0.1) is 0 Å². The molecule has 27 heavy (non-hydrogen) atoms. The lowest BCUT2D eigenvalue weighted by atomic mass is 10.0. The van der Waals surface area contributed by atoms with E-state index < -0.39 is 0 Å². The van der Waals surface area contributed by atoms with Crippen LogP contribution in [-0.2, 0) is 17.8 Å². The molecule has 1 fully saturated rings. The Morgan fingerprint density at radius 2 is 1.78 bits per heavy atom. The minimum atomic E-state index is 0.139. The van der Waals surface area contributed by atoms with Gasteiger partial charge in [-0.2, -0.15) is 0 Å². The van der Waals surface area contributed by atoms with Crippen molar-refractivity contribution in [2.75, 3.05) is 39.3 Å². The lowest BCUT2D eigenvalue weighted by Gasteiger charge is -2.34. The molecule has 1 aromatic heterocycles. The lowest BCUT2D eigenvalue weighted by molar-refractivity contribution is -0.122. The summed E-state index contributed by atoms with van der Waals surface area (Å²) in [5.41, 5.74) is 2.64. The third-order valence-electron chi connectivity index (χ3n) is 5.17. The van der Waals surface area contributed by atoms with Gasteiger partial charge in [0.1, 0.15) is 0 Å². The molecule has 1 aromatic carbocycles. The molecule has 3 rings (SSSR count). The van der Waals surface area contributed by atoms with E-state index in [1.807, 2.05) is 11.3 Å². The van der Waals surface area contributed by atoms with Crippen LogP contribution in [-0.4, -0.2) is 55.0 Å². The summed E-state index contributed by atoms with van der Waals surface area (Å²) in [4.78, 5) is 18.4. The number of carbonyl (C=O) groups is 1. The molecule has 0 saturated carbocycles. The van der Waals surface area contributed by atoms with Crippen LogP contribution in [0.15, 0.2) is 41.8 Å². The summed E-state index contributed by atoms with van der Waals surface area (Å²) < 4.78 is 0. The Labute approximate surface area is 167 Å². The van der Waals surface area contributed by atoms with Gasteiger partial charge in [-0.15, -0.1) is 11.3 Å². The van der Waals surface area contributed by atoms with Gasteiger partial charge >= 0.3 is 0 Å².